The molecule has 2 rings (SSSR count). The number of fused-ring (bicyclic) bond motifs is 1. The highest BCUT2D eigenvalue weighted by Gasteiger charge is 2.53. The Morgan fingerprint density at radius 3 is 2.17 bits per heavy atom. The van der Waals surface area contributed by atoms with Gasteiger partial charge in [-0.25, -0.2) is 0 Å². The van der Waals surface area contributed by atoms with Crippen LogP contribution in [0.3, 0.4) is 0 Å². The molecule has 0 aliphatic heterocycles. The smallest absolute Gasteiger partial charge is 0.323 e. The SMILES string of the molecule is CCCCc1cc(C)c2c(c1C)CC(C(=O)OC)(C(=O)OC)C2. The molecule has 0 saturated heterocycles. The number of aryl methyl sites for hydroxylation is 2. The monoisotopic (exact) mass is 318 g/mol. The second kappa shape index (κ2) is 6.73. The number of hydrogen-bond donors (Lipinski definition) is 0. The Morgan fingerprint density at radius 1 is 1.09 bits per heavy atom. The van der Waals surface area contributed by atoms with Gasteiger partial charge in [0.1, 0.15) is 0 Å². The molecule has 0 spiro atoms. The lowest BCUT2D eigenvalue weighted by Crippen LogP contribution is -2.42. The Labute approximate surface area is 138 Å². The molecule has 0 saturated carbocycles. The van der Waals surface area contributed by atoms with Gasteiger partial charge in [-0.3, -0.25) is 9.59 Å². The van der Waals surface area contributed by atoms with E-state index in [1.54, 1.807) is 0 Å². The predicted octanol–water partition coefficient (Wildman–Crippen LogP) is 3.08. The van der Waals surface area contributed by atoms with Gasteiger partial charge in [-0.05, 0) is 54.5 Å². The van der Waals surface area contributed by atoms with Gasteiger partial charge in [0.25, 0.3) is 0 Å². The van der Waals surface area contributed by atoms with Crippen molar-refractivity contribution in [1.82, 2.24) is 0 Å². The number of methoxy groups -OCH3 is 2. The second-order valence-corrected chi connectivity index (χ2v) is 6.46. The average molecular weight is 318 g/mol. The van der Waals surface area contributed by atoms with Crippen LogP contribution in [0.5, 0.6) is 0 Å². The van der Waals surface area contributed by atoms with Gasteiger partial charge in [-0.2, -0.15) is 0 Å². The first-order valence-electron chi connectivity index (χ1n) is 8.19. The highest BCUT2D eigenvalue weighted by Crippen LogP contribution is 2.43. The van der Waals surface area contributed by atoms with Crippen molar-refractivity contribution in [3.63, 3.8) is 0 Å². The molecule has 0 heterocycles. The molecule has 0 atom stereocenters. The minimum Gasteiger partial charge on any atom is -0.468 e. The number of ether oxygens (including phenoxy) is 2. The summed E-state index contributed by atoms with van der Waals surface area (Å²) in [5.74, 6) is -1.01. The number of carbonyl (C=O) groups excluding carboxylic acids is 2. The van der Waals surface area contributed by atoms with E-state index in [0.717, 1.165) is 36.0 Å². The number of carbonyl (C=O) groups is 2. The van der Waals surface area contributed by atoms with Crippen molar-refractivity contribution in [2.75, 3.05) is 14.2 Å². The van der Waals surface area contributed by atoms with Crippen LogP contribution in [-0.4, -0.2) is 26.2 Å². The molecule has 4 nitrogen and oxygen atoms in total. The molecule has 0 bridgehead atoms. The maximum absolute atomic E-state index is 12.4. The maximum Gasteiger partial charge on any atom is 0.323 e. The molecular weight excluding hydrogens is 292 g/mol. The molecule has 0 radical (unpaired) electrons. The Morgan fingerprint density at radius 2 is 1.65 bits per heavy atom. The van der Waals surface area contributed by atoms with Gasteiger partial charge in [-0.1, -0.05) is 19.4 Å². The molecule has 0 N–H and O–H groups in total. The molecule has 0 amide bonds. The Kier molecular flexibility index (Phi) is 5.12. The molecule has 1 aliphatic rings. The summed E-state index contributed by atoms with van der Waals surface area (Å²) in [4.78, 5) is 24.7. The van der Waals surface area contributed by atoms with Crippen LogP contribution < -0.4 is 0 Å². The summed E-state index contributed by atoms with van der Waals surface area (Å²) >= 11 is 0. The molecule has 4 heteroatoms. The minimum absolute atomic E-state index is 0.364. The van der Waals surface area contributed by atoms with Crippen molar-refractivity contribution in [3.05, 3.63) is 33.9 Å². The van der Waals surface area contributed by atoms with Gasteiger partial charge in [0.05, 0.1) is 14.2 Å². The third-order valence-corrected chi connectivity index (χ3v) is 5.07. The van der Waals surface area contributed by atoms with Gasteiger partial charge >= 0.3 is 11.9 Å². The van der Waals surface area contributed by atoms with Crippen LogP contribution in [0.1, 0.15) is 47.6 Å². The van der Waals surface area contributed by atoms with Gasteiger partial charge in [-0.15, -0.1) is 0 Å². The normalized spacial score (nSPS) is 15.2. The van der Waals surface area contributed by atoms with E-state index in [4.69, 9.17) is 9.47 Å². The van der Waals surface area contributed by atoms with Crippen molar-refractivity contribution in [1.29, 1.82) is 0 Å². The van der Waals surface area contributed by atoms with Crippen molar-refractivity contribution >= 4 is 11.9 Å². The van der Waals surface area contributed by atoms with E-state index >= 15 is 0 Å². The lowest BCUT2D eigenvalue weighted by atomic mass is 9.84. The summed E-state index contributed by atoms with van der Waals surface area (Å²) in [7, 11) is 2.64. The lowest BCUT2D eigenvalue weighted by Gasteiger charge is -2.22. The summed E-state index contributed by atoms with van der Waals surface area (Å²) in [5.41, 5.74) is 4.64. The Balaban J connectivity index is 2.50. The highest BCUT2D eigenvalue weighted by atomic mass is 16.5. The number of unbranched alkanes of at least 4 members (excludes halogenated alkanes) is 1. The van der Waals surface area contributed by atoms with Crippen LogP contribution in [0.4, 0.5) is 0 Å². The van der Waals surface area contributed by atoms with E-state index in [2.05, 4.69) is 26.8 Å². The topological polar surface area (TPSA) is 52.6 Å². The molecule has 1 aromatic rings. The van der Waals surface area contributed by atoms with Gasteiger partial charge in [0, 0.05) is 12.8 Å². The first-order chi connectivity index (χ1) is 10.9. The average Bonchev–Trinajstić information content (AvgIpc) is 2.98. The molecule has 23 heavy (non-hydrogen) atoms. The Bertz CT molecular complexity index is 615. The van der Waals surface area contributed by atoms with Gasteiger partial charge in [0.2, 0.25) is 0 Å². The molecule has 0 fully saturated rings. The standard InChI is InChI=1S/C19H26O4/c1-6-7-8-14-9-12(2)15-10-19(17(20)22-4,18(21)23-5)11-16(15)13(14)3/h9H,6-8,10-11H2,1-5H3. The third kappa shape index (κ3) is 2.87. The van der Waals surface area contributed by atoms with E-state index < -0.39 is 17.4 Å². The van der Waals surface area contributed by atoms with Crippen LogP contribution >= 0.6 is 0 Å². The first kappa shape index (κ1) is 17.5. The Hall–Kier alpha value is -1.84. The van der Waals surface area contributed by atoms with E-state index in [-0.39, 0.29) is 0 Å². The number of benzene rings is 1. The van der Waals surface area contributed by atoms with Crippen molar-refractivity contribution < 1.29 is 19.1 Å². The fourth-order valence-electron chi connectivity index (χ4n) is 3.66. The molecule has 0 unspecified atom stereocenters. The zero-order valence-corrected chi connectivity index (χ0v) is 14.7. The number of rotatable bonds is 5. The van der Waals surface area contributed by atoms with Crippen molar-refractivity contribution in [3.8, 4) is 0 Å². The second-order valence-electron chi connectivity index (χ2n) is 6.46. The summed E-state index contributed by atoms with van der Waals surface area (Å²) in [6, 6.07) is 2.20. The summed E-state index contributed by atoms with van der Waals surface area (Å²) in [5, 5.41) is 0. The fraction of sp³-hybridized carbons (Fsp3) is 0.579. The predicted molar refractivity (Wildman–Crippen MR) is 88.4 cm³/mol. The van der Waals surface area contributed by atoms with E-state index in [1.165, 1.54) is 25.3 Å². The van der Waals surface area contributed by atoms with Gasteiger partial charge in [0.15, 0.2) is 5.41 Å². The zero-order chi connectivity index (χ0) is 17.2. The first-order valence-corrected chi connectivity index (χ1v) is 8.19. The quantitative estimate of drug-likeness (QED) is 0.618. The fourth-order valence-corrected chi connectivity index (χ4v) is 3.66. The molecule has 126 valence electrons. The van der Waals surface area contributed by atoms with Crippen LogP contribution in [0.2, 0.25) is 0 Å². The highest BCUT2D eigenvalue weighted by molar-refractivity contribution is 6.01. The number of esters is 2. The largest absolute Gasteiger partial charge is 0.468 e. The van der Waals surface area contributed by atoms with Crippen molar-refractivity contribution in [2.45, 2.75) is 52.9 Å². The third-order valence-electron chi connectivity index (χ3n) is 5.07. The van der Waals surface area contributed by atoms with Crippen molar-refractivity contribution in [2.24, 2.45) is 5.41 Å². The molecule has 1 aromatic carbocycles. The van der Waals surface area contributed by atoms with Crippen LogP contribution in [0.25, 0.3) is 0 Å². The zero-order valence-electron chi connectivity index (χ0n) is 14.7. The van der Waals surface area contributed by atoms with E-state index in [9.17, 15) is 9.59 Å². The van der Waals surface area contributed by atoms with Crippen LogP contribution in [-0.2, 0) is 38.3 Å². The minimum atomic E-state index is -1.23. The molecular formula is C19H26O4. The summed E-state index contributed by atoms with van der Waals surface area (Å²) in [6.07, 6.45) is 4.04. The van der Waals surface area contributed by atoms with Crippen LogP contribution in [0, 0.1) is 19.3 Å². The summed E-state index contributed by atoms with van der Waals surface area (Å²) in [6.45, 7) is 6.32. The maximum atomic E-state index is 12.4. The molecule has 0 aromatic heterocycles. The molecule has 1 aliphatic carbocycles. The summed E-state index contributed by atoms with van der Waals surface area (Å²) < 4.78 is 9.85. The van der Waals surface area contributed by atoms with Gasteiger partial charge < -0.3 is 9.47 Å². The lowest BCUT2D eigenvalue weighted by molar-refractivity contribution is -0.168. The van der Waals surface area contributed by atoms with Crippen LogP contribution in [0.15, 0.2) is 6.07 Å². The van der Waals surface area contributed by atoms with E-state index in [0.29, 0.717) is 12.8 Å². The van der Waals surface area contributed by atoms with E-state index in [1.807, 2.05) is 0 Å². The number of hydrogen-bond acceptors (Lipinski definition) is 4.